The Morgan fingerprint density at radius 2 is 2.15 bits per heavy atom. The minimum absolute atomic E-state index is 0.133. The molecule has 0 amide bonds. The predicted octanol–water partition coefficient (Wildman–Crippen LogP) is 3.14. The standard InChI is InChI=1S/C11H13BrO/c1-8-7-11(9(2)13)4-3-10(8)5-6-12/h3-4,7H,5-6H2,1-2H3. The van der Waals surface area contributed by atoms with Crippen LogP contribution in [0.15, 0.2) is 18.2 Å². The first-order chi connectivity index (χ1) is 6.15. The van der Waals surface area contributed by atoms with Crippen LogP contribution in [0, 0.1) is 6.92 Å². The number of carbonyl (C=O) groups excluding carboxylic acids is 1. The molecule has 0 spiro atoms. The molecular weight excluding hydrogens is 228 g/mol. The summed E-state index contributed by atoms with van der Waals surface area (Å²) in [7, 11) is 0. The molecule has 2 heteroatoms. The largest absolute Gasteiger partial charge is 0.295 e. The molecule has 70 valence electrons. The van der Waals surface area contributed by atoms with Crippen molar-refractivity contribution in [2.75, 3.05) is 5.33 Å². The van der Waals surface area contributed by atoms with Crippen LogP contribution in [0.5, 0.6) is 0 Å². The van der Waals surface area contributed by atoms with Gasteiger partial charge in [-0.05, 0) is 37.5 Å². The van der Waals surface area contributed by atoms with Crippen molar-refractivity contribution < 1.29 is 4.79 Å². The number of hydrogen-bond donors (Lipinski definition) is 0. The van der Waals surface area contributed by atoms with Gasteiger partial charge >= 0.3 is 0 Å². The highest BCUT2D eigenvalue weighted by atomic mass is 79.9. The maximum Gasteiger partial charge on any atom is 0.159 e. The monoisotopic (exact) mass is 240 g/mol. The molecule has 0 saturated carbocycles. The molecular formula is C11H13BrO. The van der Waals surface area contributed by atoms with Crippen LogP contribution in [0.1, 0.15) is 28.4 Å². The van der Waals surface area contributed by atoms with E-state index in [-0.39, 0.29) is 5.78 Å². The zero-order chi connectivity index (χ0) is 9.84. The topological polar surface area (TPSA) is 17.1 Å². The Morgan fingerprint density at radius 1 is 1.46 bits per heavy atom. The Hall–Kier alpha value is -0.630. The van der Waals surface area contributed by atoms with Crippen LogP contribution in [0.25, 0.3) is 0 Å². The molecule has 0 aromatic heterocycles. The highest BCUT2D eigenvalue weighted by Crippen LogP contribution is 2.12. The lowest BCUT2D eigenvalue weighted by Crippen LogP contribution is -1.96. The summed E-state index contributed by atoms with van der Waals surface area (Å²) in [5.74, 6) is 0.133. The molecule has 0 aliphatic heterocycles. The number of rotatable bonds is 3. The maximum absolute atomic E-state index is 11.1. The average Bonchev–Trinajstić information content (AvgIpc) is 2.08. The quantitative estimate of drug-likeness (QED) is 0.587. The summed E-state index contributed by atoms with van der Waals surface area (Å²) in [5.41, 5.74) is 3.31. The van der Waals surface area contributed by atoms with Crippen molar-refractivity contribution in [1.29, 1.82) is 0 Å². The molecule has 0 heterocycles. The van der Waals surface area contributed by atoms with E-state index in [0.717, 1.165) is 17.3 Å². The summed E-state index contributed by atoms with van der Waals surface area (Å²) < 4.78 is 0. The number of aryl methyl sites for hydroxylation is 2. The van der Waals surface area contributed by atoms with Crippen molar-refractivity contribution in [1.82, 2.24) is 0 Å². The summed E-state index contributed by atoms with van der Waals surface area (Å²) in [6, 6.07) is 5.89. The second-order valence-electron chi connectivity index (χ2n) is 3.14. The van der Waals surface area contributed by atoms with Gasteiger partial charge in [0.1, 0.15) is 0 Å². The van der Waals surface area contributed by atoms with Gasteiger partial charge in [0.05, 0.1) is 0 Å². The van der Waals surface area contributed by atoms with Gasteiger partial charge in [-0.15, -0.1) is 0 Å². The van der Waals surface area contributed by atoms with Gasteiger partial charge in [0.25, 0.3) is 0 Å². The fourth-order valence-corrected chi connectivity index (χ4v) is 1.72. The van der Waals surface area contributed by atoms with Crippen molar-refractivity contribution in [3.05, 3.63) is 34.9 Å². The van der Waals surface area contributed by atoms with E-state index in [2.05, 4.69) is 15.9 Å². The highest BCUT2D eigenvalue weighted by Gasteiger charge is 2.02. The second-order valence-corrected chi connectivity index (χ2v) is 3.93. The Kier molecular flexibility index (Phi) is 3.67. The maximum atomic E-state index is 11.1. The molecule has 0 bridgehead atoms. The van der Waals surface area contributed by atoms with Gasteiger partial charge in [0.2, 0.25) is 0 Å². The SMILES string of the molecule is CC(=O)c1ccc(CCBr)c(C)c1. The van der Waals surface area contributed by atoms with Crippen LogP contribution in [0.2, 0.25) is 0 Å². The molecule has 1 rings (SSSR count). The van der Waals surface area contributed by atoms with Crippen LogP contribution in [-0.4, -0.2) is 11.1 Å². The van der Waals surface area contributed by atoms with Gasteiger partial charge in [-0.25, -0.2) is 0 Å². The van der Waals surface area contributed by atoms with Crippen LogP contribution < -0.4 is 0 Å². The fraction of sp³-hybridized carbons (Fsp3) is 0.364. The fourth-order valence-electron chi connectivity index (χ4n) is 1.30. The van der Waals surface area contributed by atoms with Gasteiger partial charge < -0.3 is 0 Å². The third kappa shape index (κ3) is 2.66. The van der Waals surface area contributed by atoms with E-state index in [1.807, 2.05) is 25.1 Å². The highest BCUT2D eigenvalue weighted by molar-refractivity contribution is 9.09. The molecule has 0 atom stereocenters. The molecule has 1 aromatic rings. The molecule has 13 heavy (non-hydrogen) atoms. The van der Waals surface area contributed by atoms with Crippen molar-refractivity contribution in [2.24, 2.45) is 0 Å². The first-order valence-electron chi connectivity index (χ1n) is 4.31. The number of ketones is 1. The van der Waals surface area contributed by atoms with Gasteiger partial charge in [-0.1, -0.05) is 28.1 Å². The van der Waals surface area contributed by atoms with Crippen molar-refractivity contribution in [3.8, 4) is 0 Å². The number of hydrogen-bond acceptors (Lipinski definition) is 1. The lowest BCUT2D eigenvalue weighted by Gasteiger charge is -2.04. The molecule has 0 aliphatic rings. The Balaban J connectivity index is 2.98. The van der Waals surface area contributed by atoms with Crippen molar-refractivity contribution >= 4 is 21.7 Å². The van der Waals surface area contributed by atoms with E-state index >= 15 is 0 Å². The van der Waals surface area contributed by atoms with Gasteiger partial charge in [-0.3, -0.25) is 4.79 Å². The molecule has 1 nitrogen and oxygen atoms in total. The average molecular weight is 241 g/mol. The molecule has 0 unspecified atom stereocenters. The minimum Gasteiger partial charge on any atom is -0.295 e. The number of alkyl halides is 1. The number of benzene rings is 1. The third-order valence-corrected chi connectivity index (χ3v) is 2.51. The van der Waals surface area contributed by atoms with E-state index in [0.29, 0.717) is 0 Å². The van der Waals surface area contributed by atoms with Crippen LogP contribution in [-0.2, 0) is 6.42 Å². The minimum atomic E-state index is 0.133. The van der Waals surface area contributed by atoms with E-state index < -0.39 is 0 Å². The Morgan fingerprint density at radius 3 is 2.62 bits per heavy atom. The zero-order valence-electron chi connectivity index (χ0n) is 7.93. The smallest absolute Gasteiger partial charge is 0.159 e. The van der Waals surface area contributed by atoms with Crippen LogP contribution in [0.4, 0.5) is 0 Å². The van der Waals surface area contributed by atoms with E-state index in [4.69, 9.17) is 0 Å². The van der Waals surface area contributed by atoms with E-state index in [1.54, 1.807) is 6.92 Å². The lowest BCUT2D eigenvalue weighted by atomic mass is 10.0. The van der Waals surface area contributed by atoms with E-state index in [9.17, 15) is 4.79 Å². The summed E-state index contributed by atoms with van der Waals surface area (Å²) in [6.07, 6.45) is 1.02. The predicted molar refractivity (Wildman–Crippen MR) is 58.7 cm³/mol. The molecule has 1 aromatic carbocycles. The Bertz CT molecular complexity index is 318. The van der Waals surface area contributed by atoms with Crippen molar-refractivity contribution in [2.45, 2.75) is 20.3 Å². The van der Waals surface area contributed by atoms with Gasteiger partial charge in [0, 0.05) is 10.9 Å². The summed E-state index contributed by atoms with van der Waals surface area (Å²) in [4.78, 5) is 11.1. The second kappa shape index (κ2) is 4.56. The molecule has 0 aliphatic carbocycles. The molecule has 0 radical (unpaired) electrons. The zero-order valence-corrected chi connectivity index (χ0v) is 9.52. The third-order valence-electron chi connectivity index (χ3n) is 2.11. The molecule has 0 fully saturated rings. The summed E-state index contributed by atoms with van der Waals surface area (Å²) >= 11 is 3.40. The molecule has 0 saturated heterocycles. The van der Waals surface area contributed by atoms with Gasteiger partial charge in [0.15, 0.2) is 5.78 Å². The Labute approximate surface area is 87.3 Å². The first-order valence-corrected chi connectivity index (χ1v) is 5.43. The number of carbonyl (C=O) groups is 1. The number of Topliss-reactive ketones (excluding diaryl/α,β-unsaturated/α-hetero) is 1. The molecule has 0 N–H and O–H groups in total. The number of halogens is 1. The van der Waals surface area contributed by atoms with Crippen molar-refractivity contribution in [3.63, 3.8) is 0 Å². The summed E-state index contributed by atoms with van der Waals surface area (Å²) in [5, 5.41) is 0.966. The first kappa shape index (κ1) is 10.5. The van der Waals surface area contributed by atoms with Crippen LogP contribution >= 0.6 is 15.9 Å². The lowest BCUT2D eigenvalue weighted by molar-refractivity contribution is 0.101. The van der Waals surface area contributed by atoms with E-state index in [1.165, 1.54) is 11.1 Å². The normalized spacial score (nSPS) is 10.1. The van der Waals surface area contributed by atoms with Gasteiger partial charge in [-0.2, -0.15) is 0 Å². The summed E-state index contributed by atoms with van der Waals surface area (Å²) in [6.45, 7) is 3.64. The van der Waals surface area contributed by atoms with Crippen LogP contribution in [0.3, 0.4) is 0 Å².